The molecule has 1 fully saturated rings. The molecule has 4 heteroatoms. The highest BCUT2D eigenvalue weighted by Gasteiger charge is 2.21. The molecule has 0 aromatic carbocycles. The van der Waals surface area contributed by atoms with Crippen LogP contribution in [0.4, 0.5) is 0 Å². The van der Waals surface area contributed by atoms with E-state index in [-0.39, 0.29) is 5.91 Å². The Morgan fingerprint density at radius 2 is 2.53 bits per heavy atom. The van der Waals surface area contributed by atoms with Crippen molar-refractivity contribution in [3.05, 3.63) is 18.0 Å². The molecule has 82 valence electrons. The number of rotatable bonds is 3. The van der Waals surface area contributed by atoms with Crippen molar-refractivity contribution in [2.45, 2.75) is 26.2 Å². The van der Waals surface area contributed by atoms with Crippen molar-refractivity contribution in [3.8, 4) is 0 Å². The van der Waals surface area contributed by atoms with Gasteiger partial charge in [-0.3, -0.25) is 9.89 Å². The Hall–Kier alpha value is -1.32. The van der Waals surface area contributed by atoms with Crippen LogP contribution in [0.3, 0.4) is 0 Å². The molecule has 1 amide bonds. The molecule has 15 heavy (non-hydrogen) atoms. The summed E-state index contributed by atoms with van der Waals surface area (Å²) in [5.41, 5.74) is 0.612. The summed E-state index contributed by atoms with van der Waals surface area (Å²) in [6, 6.07) is 0. The molecule has 1 aliphatic carbocycles. The molecule has 0 aliphatic heterocycles. The minimum absolute atomic E-state index is 0.0247. The number of carbonyl (C=O) groups is 1. The van der Waals surface area contributed by atoms with Gasteiger partial charge < -0.3 is 5.32 Å². The molecule has 0 radical (unpaired) electrons. The summed E-state index contributed by atoms with van der Waals surface area (Å²) >= 11 is 0. The van der Waals surface area contributed by atoms with E-state index in [9.17, 15) is 4.79 Å². The SMILES string of the molecule is CC1CCC(CNC(=O)c2cn[nH]c2)C1. The standard InChI is InChI=1S/C11H17N3O/c1-8-2-3-9(4-8)5-12-11(15)10-6-13-14-7-10/h6-9H,2-5H2,1H3,(H,12,15)(H,13,14). The van der Waals surface area contributed by atoms with Crippen molar-refractivity contribution < 1.29 is 4.79 Å². The van der Waals surface area contributed by atoms with Gasteiger partial charge in [0.2, 0.25) is 0 Å². The molecule has 0 bridgehead atoms. The van der Waals surface area contributed by atoms with Gasteiger partial charge in [-0.05, 0) is 24.7 Å². The molecule has 1 aromatic heterocycles. The summed E-state index contributed by atoms with van der Waals surface area (Å²) in [6.45, 7) is 3.08. The number of aromatic nitrogens is 2. The van der Waals surface area contributed by atoms with Crippen LogP contribution in [0.15, 0.2) is 12.4 Å². The zero-order chi connectivity index (χ0) is 10.7. The van der Waals surface area contributed by atoms with Gasteiger partial charge in [0, 0.05) is 12.7 Å². The van der Waals surface area contributed by atoms with Crippen molar-refractivity contribution in [2.24, 2.45) is 11.8 Å². The first-order valence-electron chi connectivity index (χ1n) is 5.52. The van der Waals surface area contributed by atoms with E-state index >= 15 is 0 Å². The Kier molecular flexibility index (Phi) is 3.04. The molecule has 4 nitrogen and oxygen atoms in total. The van der Waals surface area contributed by atoms with Gasteiger partial charge in [-0.1, -0.05) is 13.3 Å². The third-order valence-electron chi connectivity index (χ3n) is 3.12. The summed E-state index contributed by atoms with van der Waals surface area (Å²) in [7, 11) is 0. The van der Waals surface area contributed by atoms with Gasteiger partial charge in [0.1, 0.15) is 0 Å². The van der Waals surface area contributed by atoms with Crippen LogP contribution in [0, 0.1) is 11.8 Å². The number of nitrogens with zero attached hydrogens (tertiary/aromatic N) is 1. The fourth-order valence-electron chi connectivity index (χ4n) is 2.22. The maximum Gasteiger partial charge on any atom is 0.254 e. The van der Waals surface area contributed by atoms with Gasteiger partial charge in [0.05, 0.1) is 11.8 Å². The van der Waals surface area contributed by atoms with Crippen LogP contribution < -0.4 is 5.32 Å². The zero-order valence-corrected chi connectivity index (χ0v) is 8.99. The number of hydrogen-bond acceptors (Lipinski definition) is 2. The van der Waals surface area contributed by atoms with Gasteiger partial charge in [0.15, 0.2) is 0 Å². The summed E-state index contributed by atoms with van der Waals surface area (Å²) in [5.74, 6) is 1.46. The number of H-pyrrole nitrogens is 1. The Morgan fingerprint density at radius 3 is 3.13 bits per heavy atom. The highest BCUT2D eigenvalue weighted by atomic mass is 16.1. The second-order valence-electron chi connectivity index (χ2n) is 4.48. The Morgan fingerprint density at radius 1 is 1.67 bits per heavy atom. The van der Waals surface area contributed by atoms with Crippen molar-refractivity contribution in [1.82, 2.24) is 15.5 Å². The normalized spacial score (nSPS) is 25.4. The molecule has 2 unspecified atom stereocenters. The first-order chi connectivity index (χ1) is 7.25. The summed E-state index contributed by atoms with van der Waals surface area (Å²) in [4.78, 5) is 11.6. The maximum absolute atomic E-state index is 11.6. The zero-order valence-electron chi connectivity index (χ0n) is 8.99. The molecular formula is C11H17N3O. The van der Waals surface area contributed by atoms with Gasteiger partial charge >= 0.3 is 0 Å². The van der Waals surface area contributed by atoms with Crippen LogP contribution >= 0.6 is 0 Å². The highest BCUT2D eigenvalue weighted by Crippen LogP contribution is 2.29. The number of nitrogens with one attached hydrogen (secondary N) is 2. The number of amides is 1. The Bertz CT molecular complexity index is 321. The molecule has 0 spiro atoms. The third-order valence-corrected chi connectivity index (χ3v) is 3.12. The van der Waals surface area contributed by atoms with E-state index in [4.69, 9.17) is 0 Å². The number of carbonyl (C=O) groups excluding carboxylic acids is 1. The van der Waals surface area contributed by atoms with E-state index in [1.807, 2.05) is 0 Å². The molecule has 2 atom stereocenters. The first kappa shape index (κ1) is 10.2. The van der Waals surface area contributed by atoms with Crippen molar-refractivity contribution in [1.29, 1.82) is 0 Å². The van der Waals surface area contributed by atoms with Crippen LogP contribution in [-0.4, -0.2) is 22.6 Å². The van der Waals surface area contributed by atoms with Crippen LogP contribution in [-0.2, 0) is 0 Å². The molecule has 1 aromatic rings. The lowest BCUT2D eigenvalue weighted by atomic mass is 10.1. The molecule has 1 aliphatic rings. The van der Waals surface area contributed by atoms with Gasteiger partial charge in [-0.2, -0.15) is 5.10 Å². The smallest absolute Gasteiger partial charge is 0.254 e. The first-order valence-corrected chi connectivity index (χ1v) is 5.52. The number of aromatic amines is 1. The average molecular weight is 207 g/mol. The molecule has 0 saturated heterocycles. The van der Waals surface area contributed by atoms with Gasteiger partial charge in [-0.25, -0.2) is 0 Å². The van der Waals surface area contributed by atoms with E-state index < -0.39 is 0 Å². The Balaban J connectivity index is 1.76. The van der Waals surface area contributed by atoms with Crippen molar-refractivity contribution in [2.75, 3.05) is 6.54 Å². The van der Waals surface area contributed by atoms with Gasteiger partial charge in [0.25, 0.3) is 5.91 Å². The van der Waals surface area contributed by atoms with Crippen LogP contribution in [0.25, 0.3) is 0 Å². The van der Waals surface area contributed by atoms with E-state index in [0.29, 0.717) is 11.5 Å². The second kappa shape index (κ2) is 4.47. The van der Waals surface area contributed by atoms with Crippen LogP contribution in [0.1, 0.15) is 36.5 Å². The van der Waals surface area contributed by atoms with E-state index in [1.165, 1.54) is 19.3 Å². The largest absolute Gasteiger partial charge is 0.352 e. The van der Waals surface area contributed by atoms with Gasteiger partial charge in [-0.15, -0.1) is 0 Å². The predicted octanol–water partition coefficient (Wildman–Crippen LogP) is 1.58. The fourth-order valence-corrected chi connectivity index (χ4v) is 2.22. The minimum Gasteiger partial charge on any atom is -0.352 e. The van der Waals surface area contributed by atoms with Crippen LogP contribution in [0.5, 0.6) is 0 Å². The van der Waals surface area contributed by atoms with Crippen LogP contribution in [0.2, 0.25) is 0 Å². The topological polar surface area (TPSA) is 57.8 Å². The van der Waals surface area contributed by atoms with Crippen molar-refractivity contribution >= 4 is 5.91 Å². The Labute approximate surface area is 89.5 Å². The summed E-state index contributed by atoms with van der Waals surface area (Å²) < 4.78 is 0. The minimum atomic E-state index is -0.0247. The lowest BCUT2D eigenvalue weighted by molar-refractivity contribution is 0.0947. The van der Waals surface area contributed by atoms with E-state index in [2.05, 4.69) is 22.4 Å². The lowest BCUT2D eigenvalue weighted by Crippen LogP contribution is -2.28. The average Bonchev–Trinajstić information content (AvgIpc) is 2.84. The second-order valence-corrected chi connectivity index (χ2v) is 4.48. The maximum atomic E-state index is 11.6. The number of hydrogen-bond donors (Lipinski definition) is 2. The molecule has 2 rings (SSSR count). The van der Waals surface area contributed by atoms with E-state index in [0.717, 1.165) is 12.5 Å². The van der Waals surface area contributed by atoms with E-state index in [1.54, 1.807) is 12.4 Å². The molecular weight excluding hydrogens is 190 g/mol. The third kappa shape index (κ3) is 2.58. The predicted molar refractivity (Wildman–Crippen MR) is 57.4 cm³/mol. The molecule has 2 N–H and O–H groups in total. The fraction of sp³-hybridized carbons (Fsp3) is 0.636. The highest BCUT2D eigenvalue weighted by molar-refractivity contribution is 5.93. The quantitative estimate of drug-likeness (QED) is 0.790. The van der Waals surface area contributed by atoms with Crippen molar-refractivity contribution in [3.63, 3.8) is 0 Å². The summed E-state index contributed by atoms with van der Waals surface area (Å²) in [6.07, 6.45) is 6.95. The molecule has 1 heterocycles. The molecule has 1 saturated carbocycles. The monoisotopic (exact) mass is 207 g/mol. The lowest BCUT2D eigenvalue weighted by Gasteiger charge is -2.10. The summed E-state index contributed by atoms with van der Waals surface area (Å²) in [5, 5.41) is 9.33.